The molecule has 0 unspecified atom stereocenters. The van der Waals surface area contributed by atoms with Gasteiger partial charge in [-0.05, 0) is 27.2 Å². The molecule has 0 saturated carbocycles. The summed E-state index contributed by atoms with van der Waals surface area (Å²) in [7, 11) is 0. The summed E-state index contributed by atoms with van der Waals surface area (Å²) >= 11 is 0. The zero-order chi connectivity index (χ0) is 13.8. The first kappa shape index (κ1) is 14.5. The predicted octanol–water partition coefficient (Wildman–Crippen LogP) is 0.318. The Morgan fingerprint density at radius 2 is 2.28 bits per heavy atom. The van der Waals surface area contributed by atoms with Crippen LogP contribution in [-0.2, 0) is 9.53 Å². The highest BCUT2D eigenvalue weighted by Crippen LogP contribution is 2.10. The second-order valence-corrected chi connectivity index (χ2v) is 5.13. The van der Waals surface area contributed by atoms with E-state index in [4.69, 9.17) is 4.74 Å². The SMILES string of the molecule is CC(C)(C)OC(=O)N[C@@H](C=C1CCNC1=O)CO. The van der Waals surface area contributed by atoms with Crippen molar-refractivity contribution in [2.24, 2.45) is 0 Å². The fraction of sp³-hybridized carbons (Fsp3) is 0.667. The van der Waals surface area contributed by atoms with Crippen LogP contribution in [0, 0.1) is 0 Å². The summed E-state index contributed by atoms with van der Waals surface area (Å²) in [4.78, 5) is 22.8. The van der Waals surface area contributed by atoms with Gasteiger partial charge in [-0.25, -0.2) is 4.79 Å². The molecule has 6 nitrogen and oxygen atoms in total. The Hall–Kier alpha value is -1.56. The van der Waals surface area contributed by atoms with Crippen molar-refractivity contribution in [3.63, 3.8) is 0 Å². The Morgan fingerprint density at radius 3 is 2.72 bits per heavy atom. The molecule has 0 spiro atoms. The summed E-state index contributed by atoms with van der Waals surface area (Å²) in [5.74, 6) is -0.153. The lowest BCUT2D eigenvalue weighted by Gasteiger charge is -2.21. The molecule has 1 aliphatic heterocycles. The van der Waals surface area contributed by atoms with Crippen LogP contribution in [0.3, 0.4) is 0 Å². The van der Waals surface area contributed by atoms with Gasteiger partial charge in [-0.3, -0.25) is 4.79 Å². The Balaban J connectivity index is 2.57. The van der Waals surface area contributed by atoms with E-state index in [-0.39, 0.29) is 12.5 Å². The number of carbonyl (C=O) groups is 2. The molecule has 0 bridgehead atoms. The quantitative estimate of drug-likeness (QED) is 0.634. The molecule has 0 aromatic carbocycles. The summed E-state index contributed by atoms with van der Waals surface area (Å²) in [6.07, 6.45) is 1.55. The van der Waals surface area contributed by atoms with Crippen molar-refractivity contribution in [1.82, 2.24) is 10.6 Å². The zero-order valence-corrected chi connectivity index (χ0v) is 10.9. The third-order valence-electron chi connectivity index (χ3n) is 2.27. The monoisotopic (exact) mass is 256 g/mol. The highest BCUT2D eigenvalue weighted by atomic mass is 16.6. The third-order valence-corrected chi connectivity index (χ3v) is 2.27. The van der Waals surface area contributed by atoms with Crippen molar-refractivity contribution >= 4 is 12.0 Å². The molecule has 0 radical (unpaired) electrons. The van der Waals surface area contributed by atoms with Gasteiger partial charge in [0.25, 0.3) is 0 Å². The molecule has 1 rings (SSSR count). The van der Waals surface area contributed by atoms with Gasteiger partial charge >= 0.3 is 6.09 Å². The minimum atomic E-state index is -0.614. The number of ether oxygens (including phenoxy) is 1. The fourth-order valence-electron chi connectivity index (χ4n) is 1.54. The Kier molecular flexibility index (Phi) is 4.72. The number of hydrogen-bond acceptors (Lipinski definition) is 4. The summed E-state index contributed by atoms with van der Waals surface area (Å²) in [6.45, 7) is 5.57. The van der Waals surface area contributed by atoms with Crippen molar-refractivity contribution in [3.05, 3.63) is 11.6 Å². The van der Waals surface area contributed by atoms with Crippen LogP contribution in [0.5, 0.6) is 0 Å². The van der Waals surface area contributed by atoms with E-state index in [1.165, 1.54) is 0 Å². The molecule has 6 heteroatoms. The largest absolute Gasteiger partial charge is 0.444 e. The number of aliphatic hydroxyl groups is 1. The molecule has 0 aromatic rings. The summed E-state index contributed by atoms with van der Waals surface area (Å²) in [5.41, 5.74) is -0.0211. The number of amides is 2. The van der Waals surface area contributed by atoms with E-state index in [1.807, 2.05) is 0 Å². The van der Waals surface area contributed by atoms with E-state index in [0.717, 1.165) is 0 Å². The van der Waals surface area contributed by atoms with E-state index in [1.54, 1.807) is 26.8 Å². The molecular weight excluding hydrogens is 236 g/mol. The maximum absolute atomic E-state index is 11.5. The Bertz CT molecular complexity index is 358. The molecule has 1 saturated heterocycles. The van der Waals surface area contributed by atoms with Gasteiger partial charge in [0.2, 0.25) is 5.91 Å². The molecule has 0 aliphatic carbocycles. The number of rotatable bonds is 3. The molecule has 102 valence electrons. The van der Waals surface area contributed by atoms with Gasteiger partial charge in [0.1, 0.15) is 5.60 Å². The van der Waals surface area contributed by atoms with Crippen LogP contribution in [0.2, 0.25) is 0 Å². The second kappa shape index (κ2) is 5.86. The van der Waals surface area contributed by atoms with Crippen LogP contribution in [0.1, 0.15) is 27.2 Å². The molecule has 18 heavy (non-hydrogen) atoms. The molecule has 1 atom stereocenters. The van der Waals surface area contributed by atoms with Crippen LogP contribution in [0.4, 0.5) is 4.79 Å². The smallest absolute Gasteiger partial charge is 0.408 e. The molecule has 1 heterocycles. The van der Waals surface area contributed by atoms with Crippen LogP contribution >= 0.6 is 0 Å². The number of hydrogen-bond donors (Lipinski definition) is 3. The Morgan fingerprint density at radius 1 is 1.61 bits per heavy atom. The van der Waals surface area contributed by atoms with Gasteiger partial charge in [0, 0.05) is 12.1 Å². The highest BCUT2D eigenvalue weighted by Gasteiger charge is 2.21. The van der Waals surface area contributed by atoms with Crippen molar-refractivity contribution in [3.8, 4) is 0 Å². The lowest BCUT2D eigenvalue weighted by atomic mass is 10.1. The minimum Gasteiger partial charge on any atom is -0.444 e. The first-order chi connectivity index (χ1) is 8.31. The van der Waals surface area contributed by atoms with Crippen molar-refractivity contribution in [2.75, 3.05) is 13.2 Å². The van der Waals surface area contributed by atoms with Gasteiger partial charge in [-0.1, -0.05) is 6.08 Å². The van der Waals surface area contributed by atoms with E-state index in [2.05, 4.69) is 10.6 Å². The minimum absolute atomic E-state index is 0.153. The maximum Gasteiger partial charge on any atom is 0.408 e. The van der Waals surface area contributed by atoms with Gasteiger partial charge in [0.15, 0.2) is 0 Å². The topological polar surface area (TPSA) is 87.7 Å². The average molecular weight is 256 g/mol. The summed E-state index contributed by atoms with van der Waals surface area (Å²) in [5, 5.41) is 14.3. The fourth-order valence-corrected chi connectivity index (χ4v) is 1.54. The zero-order valence-electron chi connectivity index (χ0n) is 10.9. The molecule has 1 fully saturated rings. The Labute approximate surface area is 106 Å². The average Bonchev–Trinajstić information content (AvgIpc) is 2.60. The van der Waals surface area contributed by atoms with Gasteiger partial charge in [-0.15, -0.1) is 0 Å². The lowest BCUT2D eigenvalue weighted by molar-refractivity contribution is -0.116. The molecule has 2 amide bonds. The predicted molar refractivity (Wildman–Crippen MR) is 66.0 cm³/mol. The van der Waals surface area contributed by atoms with Crippen molar-refractivity contribution in [1.29, 1.82) is 0 Å². The van der Waals surface area contributed by atoms with E-state index < -0.39 is 17.7 Å². The summed E-state index contributed by atoms with van der Waals surface area (Å²) in [6, 6.07) is -0.612. The van der Waals surface area contributed by atoms with E-state index >= 15 is 0 Å². The van der Waals surface area contributed by atoms with Crippen LogP contribution < -0.4 is 10.6 Å². The molecule has 1 aliphatic rings. The molecule has 0 aromatic heterocycles. The first-order valence-electron chi connectivity index (χ1n) is 5.91. The highest BCUT2D eigenvalue weighted by molar-refractivity contribution is 5.95. The number of alkyl carbamates (subject to hydrolysis) is 1. The van der Waals surface area contributed by atoms with Gasteiger partial charge < -0.3 is 20.5 Å². The normalized spacial score (nSPS) is 19.6. The third kappa shape index (κ3) is 4.75. The van der Waals surface area contributed by atoms with Crippen LogP contribution in [0.25, 0.3) is 0 Å². The molecule has 3 N–H and O–H groups in total. The number of nitrogens with one attached hydrogen (secondary N) is 2. The van der Waals surface area contributed by atoms with Gasteiger partial charge in [-0.2, -0.15) is 0 Å². The lowest BCUT2D eigenvalue weighted by Crippen LogP contribution is -2.40. The number of aliphatic hydroxyl groups excluding tert-OH is 1. The van der Waals surface area contributed by atoms with Crippen molar-refractivity contribution < 1.29 is 19.4 Å². The first-order valence-corrected chi connectivity index (χ1v) is 5.91. The molecular formula is C12H20N2O4. The standard InChI is InChI=1S/C12H20N2O4/c1-12(2,3)18-11(17)14-9(7-15)6-8-4-5-13-10(8)16/h6,9,15H,4-5,7H2,1-3H3,(H,13,16)(H,14,17)/t9-/m0/s1. The van der Waals surface area contributed by atoms with Crippen molar-refractivity contribution in [2.45, 2.75) is 38.8 Å². The van der Waals surface area contributed by atoms with Crippen LogP contribution in [-0.4, -0.2) is 41.9 Å². The van der Waals surface area contributed by atoms with Gasteiger partial charge in [0.05, 0.1) is 12.6 Å². The maximum atomic E-state index is 11.5. The number of carbonyl (C=O) groups excluding carboxylic acids is 2. The van der Waals surface area contributed by atoms with E-state index in [0.29, 0.717) is 18.5 Å². The van der Waals surface area contributed by atoms with E-state index in [9.17, 15) is 14.7 Å². The summed E-state index contributed by atoms with van der Waals surface area (Å²) < 4.78 is 5.07. The van der Waals surface area contributed by atoms with Crippen LogP contribution in [0.15, 0.2) is 11.6 Å². The second-order valence-electron chi connectivity index (χ2n) is 5.13.